The minimum atomic E-state index is -0.0341. The predicted molar refractivity (Wildman–Crippen MR) is 45.0 cm³/mol. The number of carbonyl (C=O) groups excluding carboxylic acids is 1. The summed E-state index contributed by atoms with van der Waals surface area (Å²) >= 11 is 0. The Kier molecular flexibility index (Phi) is 2.21. The van der Waals surface area contributed by atoms with Crippen LogP contribution in [0.1, 0.15) is 33.1 Å². The van der Waals surface area contributed by atoms with Gasteiger partial charge in [-0.15, -0.1) is 0 Å². The molecule has 0 aromatic rings. The molecule has 0 bridgehead atoms. The molecule has 0 aromatic carbocycles. The summed E-state index contributed by atoms with van der Waals surface area (Å²) in [4.78, 5) is 13.2. The molecule has 1 rings (SSSR count). The van der Waals surface area contributed by atoms with Crippen LogP contribution in [0.5, 0.6) is 0 Å². The summed E-state index contributed by atoms with van der Waals surface area (Å²) in [6.45, 7) is 8.91. The Morgan fingerprint density at radius 3 is 2.64 bits per heavy atom. The average Bonchev–Trinajstić information content (AvgIpc) is 2.36. The summed E-state index contributed by atoms with van der Waals surface area (Å²) in [6, 6.07) is 0. The van der Waals surface area contributed by atoms with Gasteiger partial charge in [0.15, 0.2) is 0 Å². The van der Waals surface area contributed by atoms with E-state index < -0.39 is 0 Å². The van der Waals surface area contributed by atoms with Gasteiger partial charge in [-0.1, -0.05) is 6.92 Å². The molecule has 1 aliphatic rings. The van der Waals surface area contributed by atoms with E-state index in [0.717, 1.165) is 25.8 Å². The van der Waals surface area contributed by atoms with Crippen LogP contribution in [0.25, 0.3) is 0 Å². The fraction of sp³-hybridized carbons (Fsp3) is 0.778. The molecule has 1 saturated heterocycles. The molecule has 1 amide bonds. The van der Waals surface area contributed by atoms with Crippen molar-refractivity contribution in [2.24, 2.45) is 0 Å². The molecule has 2 heteroatoms. The van der Waals surface area contributed by atoms with Crippen molar-refractivity contribution in [1.82, 2.24) is 4.90 Å². The zero-order chi connectivity index (χ0) is 8.48. The summed E-state index contributed by atoms with van der Waals surface area (Å²) in [7, 11) is 0. The number of nitrogens with zero attached hydrogens (tertiary/aromatic N) is 1. The second-order valence-electron chi connectivity index (χ2n) is 3.71. The van der Waals surface area contributed by atoms with E-state index in [2.05, 4.69) is 20.8 Å². The van der Waals surface area contributed by atoms with Gasteiger partial charge in [0.25, 0.3) is 0 Å². The second-order valence-corrected chi connectivity index (χ2v) is 3.71. The fourth-order valence-corrected chi connectivity index (χ4v) is 1.42. The van der Waals surface area contributed by atoms with E-state index in [-0.39, 0.29) is 5.54 Å². The lowest BCUT2D eigenvalue weighted by Gasteiger charge is -2.34. The molecule has 0 N–H and O–H groups in total. The molecular formula is C9H16NO. The van der Waals surface area contributed by atoms with E-state index >= 15 is 0 Å². The molecule has 0 aromatic heterocycles. The molecule has 11 heavy (non-hydrogen) atoms. The third-order valence-electron chi connectivity index (χ3n) is 2.42. The normalized spacial score (nSPS) is 19.5. The monoisotopic (exact) mass is 154 g/mol. The van der Waals surface area contributed by atoms with Gasteiger partial charge in [0.05, 0.1) is 0 Å². The molecule has 0 unspecified atom stereocenters. The first-order chi connectivity index (χ1) is 5.08. The highest BCUT2D eigenvalue weighted by Gasteiger charge is 2.32. The molecule has 0 atom stereocenters. The molecule has 0 spiro atoms. The van der Waals surface area contributed by atoms with Crippen LogP contribution in [0.15, 0.2) is 0 Å². The van der Waals surface area contributed by atoms with E-state index in [4.69, 9.17) is 0 Å². The van der Waals surface area contributed by atoms with Gasteiger partial charge < -0.3 is 4.90 Å². The number of hydrogen-bond donors (Lipinski definition) is 0. The zero-order valence-electron chi connectivity index (χ0n) is 7.39. The summed E-state index contributed by atoms with van der Waals surface area (Å²) in [5.74, 6) is 0.290. The number of carbonyl (C=O) groups is 1. The van der Waals surface area contributed by atoms with E-state index in [0.29, 0.717) is 5.91 Å². The molecule has 1 radical (unpaired) electrons. The van der Waals surface area contributed by atoms with Gasteiger partial charge in [-0.05, 0) is 26.7 Å². The predicted octanol–water partition coefficient (Wildman–Crippen LogP) is 1.61. The first kappa shape index (κ1) is 8.57. The first-order valence-electron chi connectivity index (χ1n) is 4.17. The van der Waals surface area contributed by atoms with Crippen molar-refractivity contribution < 1.29 is 4.79 Å². The number of hydrogen-bond acceptors (Lipinski definition) is 1. The molecular weight excluding hydrogens is 138 g/mol. The van der Waals surface area contributed by atoms with Crippen molar-refractivity contribution in [3.8, 4) is 0 Å². The Hall–Kier alpha value is -0.530. The van der Waals surface area contributed by atoms with E-state index in [1.54, 1.807) is 0 Å². The van der Waals surface area contributed by atoms with Crippen molar-refractivity contribution in [3.63, 3.8) is 0 Å². The number of rotatable bonds is 2. The third kappa shape index (κ3) is 1.55. The lowest BCUT2D eigenvalue weighted by Crippen LogP contribution is -2.44. The van der Waals surface area contributed by atoms with Gasteiger partial charge in [0.1, 0.15) is 0 Å². The van der Waals surface area contributed by atoms with Crippen LogP contribution >= 0.6 is 0 Å². The minimum absolute atomic E-state index is 0.0341. The van der Waals surface area contributed by atoms with Crippen LogP contribution in [-0.2, 0) is 4.79 Å². The highest BCUT2D eigenvalue weighted by Crippen LogP contribution is 2.24. The van der Waals surface area contributed by atoms with Gasteiger partial charge in [-0.25, -0.2) is 0 Å². The van der Waals surface area contributed by atoms with Gasteiger partial charge in [0.2, 0.25) is 5.91 Å². The Labute approximate surface area is 68.6 Å². The first-order valence-corrected chi connectivity index (χ1v) is 4.17. The summed E-state index contributed by atoms with van der Waals surface area (Å²) in [5.41, 5.74) is -0.0341. The SMILES string of the molecule is [CH2]CC(C)(C)N1CCCC1=O. The third-order valence-corrected chi connectivity index (χ3v) is 2.42. The Morgan fingerprint density at radius 1 is 1.64 bits per heavy atom. The smallest absolute Gasteiger partial charge is 0.223 e. The Morgan fingerprint density at radius 2 is 2.27 bits per heavy atom. The molecule has 63 valence electrons. The van der Waals surface area contributed by atoms with Gasteiger partial charge in [-0.2, -0.15) is 0 Å². The maximum absolute atomic E-state index is 11.3. The molecule has 0 saturated carbocycles. The highest BCUT2D eigenvalue weighted by atomic mass is 16.2. The van der Waals surface area contributed by atoms with Gasteiger partial charge in [0, 0.05) is 18.5 Å². The standard InChI is InChI=1S/C9H16NO/c1-4-9(2,3)10-7-5-6-8(10)11/h1,4-7H2,2-3H3. The van der Waals surface area contributed by atoms with Crippen LogP contribution in [-0.4, -0.2) is 22.9 Å². The van der Waals surface area contributed by atoms with Crippen LogP contribution < -0.4 is 0 Å². The van der Waals surface area contributed by atoms with Crippen molar-refractivity contribution in [3.05, 3.63) is 6.92 Å². The summed E-state index contributed by atoms with van der Waals surface area (Å²) in [5, 5.41) is 0. The lowest BCUT2D eigenvalue weighted by atomic mass is 10.00. The second kappa shape index (κ2) is 2.84. The van der Waals surface area contributed by atoms with Crippen LogP contribution in [0.3, 0.4) is 0 Å². The largest absolute Gasteiger partial charge is 0.338 e. The van der Waals surface area contributed by atoms with E-state index in [1.807, 2.05) is 4.90 Å². The van der Waals surface area contributed by atoms with Crippen LogP contribution in [0, 0.1) is 6.92 Å². The quantitative estimate of drug-likeness (QED) is 0.591. The molecule has 0 aliphatic carbocycles. The maximum Gasteiger partial charge on any atom is 0.223 e. The van der Waals surface area contributed by atoms with Gasteiger partial charge >= 0.3 is 0 Å². The fourth-order valence-electron chi connectivity index (χ4n) is 1.42. The maximum atomic E-state index is 11.3. The number of likely N-dealkylation sites (tertiary alicyclic amines) is 1. The van der Waals surface area contributed by atoms with Gasteiger partial charge in [-0.3, -0.25) is 4.79 Å². The molecule has 2 nitrogen and oxygen atoms in total. The summed E-state index contributed by atoms with van der Waals surface area (Å²) in [6.07, 6.45) is 2.53. The van der Waals surface area contributed by atoms with Crippen molar-refractivity contribution in [2.75, 3.05) is 6.54 Å². The lowest BCUT2D eigenvalue weighted by molar-refractivity contribution is -0.132. The topological polar surface area (TPSA) is 20.3 Å². The van der Waals surface area contributed by atoms with Crippen LogP contribution in [0.2, 0.25) is 0 Å². The van der Waals surface area contributed by atoms with Crippen LogP contribution in [0.4, 0.5) is 0 Å². The number of amides is 1. The molecule has 1 aliphatic heterocycles. The van der Waals surface area contributed by atoms with Crippen molar-refractivity contribution in [2.45, 2.75) is 38.6 Å². The highest BCUT2D eigenvalue weighted by molar-refractivity contribution is 5.78. The summed E-state index contributed by atoms with van der Waals surface area (Å²) < 4.78 is 0. The van der Waals surface area contributed by atoms with Crippen molar-refractivity contribution in [1.29, 1.82) is 0 Å². The average molecular weight is 154 g/mol. The molecule has 1 fully saturated rings. The minimum Gasteiger partial charge on any atom is -0.338 e. The molecule has 1 heterocycles. The Bertz CT molecular complexity index is 163. The van der Waals surface area contributed by atoms with E-state index in [1.165, 1.54) is 0 Å². The Balaban J connectivity index is 2.65. The zero-order valence-corrected chi connectivity index (χ0v) is 7.39. The van der Waals surface area contributed by atoms with Crippen molar-refractivity contribution >= 4 is 5.91 Å². The van der Waals surface area contributed by atoms with E-state index in [9.17, 15) is 4.79 Å².